The summed E-state index contributed by atoms with van der Waals surface area (Å²) in [4.78, 5) is 9.70. The molecule has 0 amide bonds. The Morgan fingerprint density at radius 3 is 1.81 bits per heavy atom. The van der Waals surface area contributed by atoms with Crippen LogP contribution in [0.1, 0.15) is 133 Å². The quantitative estimate of drug-likeness (QED) is 0.130. The highest BCUT2D eigenvalue weighted by atomic mass is 16.5. The number of ether oxygens (including phenoxy) is 1. The Kier molecular flexibility index (Phi) is 9.77. The molecule has 6 aromatic carbocycles. The number of pyridine rings is 2. The fraction of sp³-hybridized carbons (Fsp3) is 0.288. The van der Waals surface area contributed by atoms with E-state index in [0.29, 0.717) is 0 Å². The fourth-order valence-electron chi connectivity index (χ4n) is 12.1. The highest BCUT2D eigenvalue weighted by Crippen LogP contribution is 2.65. The third-order valence-corrected chi connectivity index (χ3v) is 15.7. The zero-order chi connectivity index (χ0) is 50.6. The smallest absolute Gasteiger partial charge is 0.244 e. The van der Waals surface area contributed by atoms with Gasteiger partial charge < -0.3 is 13.9 Å². The second-order valence-corrected chi connectivity index (χ2v) is 24.7. The summed E-state index contributed by atoms with van der Waals surface area (Å²) in [5.41, 5.74) is 20.8. The zero-order valence-electron chi connectivity index (χ0n) is 44.4. The van der Waals surface area contributed by atoms with E-state index in [1.165, 1.54) is 61.2 Å². The predicted molar refractivity (Wildman–Crippen MR) is 296 cm³/mol. The molecule has 10 aromatic rings. The Morgan fingerprint density at radius 2 is 1.18 bits per heavy atom. The maximum absolute atomic E-state index is 7.11. The molecule has 4 aromatic heterocycles. The third kappa shape index (κ3) is 6.70. The molecule has 1 aliphatic heterocycles. The maximum atomic E-state index is 7.11. The summed E-state index contributed by atoms with van der Waals surface area (Å²) in [7, 11) is 2.13. The summed E-state index contributed by atoms with van der Waals surface area (Å²) in [5.74, 6) is 2.35. The number of imidazole rings is 1. The molecule has 6 nitrogen and oxygen atoms in total. The van der Waals surface area contributed by atoms with Crippen LogP contribution in [0.15, 0.2) is 140 Å². The highest BCUT2D eigenvalue weighted by Gasteiger charge is 2.54. The molecule has 0 fully saturated rings. The minimum Gasteiger partial charge on any atom is -0.458 e. The molecule has 2 aliphatic rings. The molecule has 0 bridgehead atoms. The number of para-hydroxylation sites is 2. The number of rotatable bonds is 4. The van der Waals surface area contributed by atoms with Gasteiger partial charge in [0.05, 0.1) is 45.9 Å². The average molecular weight is 944 g/mol. The topological polar surface area (TPSA) is 48.8 Å². The molecule has 0 atom stereocenters. The lowest BCUT2D eigenvalue weighted by molar-refractivity contribution is -0.649. The van der Waals surface area contributed by atoms with Gasteiger partial charge in [0.25, 0.3) is 0 Å². The summed E-state index contributed by atoms with van der Waals surface area (Å²) in [6.45, 7) is 30.7. The van der Waals surface area contributed by atoms with Crippen LogP contribution < -0.4 is 9.30 Å². The van der Waals surface area contributed by atoms with Crippen molar-refractivity contribution in [3.8, 4) is 45.4 Å². The first kappa shape index (κ1) is 45.8. The van der Waals surface area contributed by atoms with Crippen molar-refractivity contribution in [3.05, 3.63) is 196 Å². The van der Waals surface area contributed by atoms with E-state index >= 15 is 0 Å². The molecule has 0 saturated heterocycles. The molecule has 12 rings (SSSR count). The lowest BCUT2D eigenvalue weighted by Crippen LogP contribution is -2.38. The molecular weight excluding hydrogens is 879 g/mol. The van der Waals surface area contributed by atoms with Gasteiger partial charge in [0.1, 0.15) is 17.3 Å². The standard InChI is InChI=1S/C66H65N5O/c1-39-30-58(68-37-48(39)53-22-17-18-29-67-53)71-54-23-16-15-20-44(54)45-27-25-42(35-56(45)71)72-43-26-28-49-57(36-43)70-38-69(14)55-24-19-21-50(61(55)70)66(49)59-46(31-40(62(2,3)4)33-51(59)64(8,9)10)47-32-41(63(5,6)7)34-52(60(47)66)65(11,12)13/h15-37H,1-14H3. The fourth-order valence-corrected chi connectivity index (χ4v) is 12.1. The normalized spacial score (nSPS) is 14.1. The van der Waals surface area contributed by atoms with Crippen molar-refractivity contribution in [2.24, 2.45) is 7.05 Å². The van der Waals surface area contributed by atoms with E-state index in [4.69, 9.17) is 9.72 Å². The molecule has 6 heteroatoms. The van der Waals surface area contributed by atoms with E-state index in [-0.39, 0.29) is 21.7 Å². The van der Waals surface area contributed by atoms with Gasteiger partial charge in [0, 0.05) is 34.8 Å². The zero-order valence-corrected chi connectivity index (χ0v) is 44.4. The number of aryl methyl sites for hydroxylation is 2. The van der Waals surface area contributed by atoms with Crippen molar-refractivity contribution in [2.45, 2.75) is 117 Å². The largest absolute Gasteiger partial charge is 0.458 e. The predicted octanol–water partition coefficient (Wildman–Crippen LogP) is 15.8. The Morgan fingerprint density at radius 1 is 0.556 bits per heavy atom. The van der Waals surface area contributed by atoms with Gasteiger partial charge in [-0.05, 0) is 138 Å². The van der Waals surface area contributed by atoms with Crippen LogP contribution in [0.3, 0.4) is 0 Å². The molecule has 360 valence electrons. The van der Waals surface area contributed by atoms with Crippen molar-refractivity contribution in [2.75, 3.05) is 0 Å². The molecule has 0 unspecified atom stereocenters. The summed E-state index contributed by atoms with van der Waals surface area (Å²) in [6.07, 6.45) is 7.57. The summed E-state index contributed by atoms with van der Waals surface area (Å²) < 4.78 is 13.8. The second kappa shape index (κ2) is 15.4. The van der Waals surface area contributed by atoms with E-state index in [9.17, 15) is 0 Å². The molecule has 0 saturated carbocycles. The van der Waals surface area contributed by atoms with Gasteiger partial charge in [-0.2, -0.15) is 0 Å². The SMILES string of the molecule is Cc1cc(-n2c3ccccc3c3ccc(Oc4ccc5c(c4)-n4[c-][n+](C)c6cccc(c64)C54c5c(cc(C(C)(C)C)cc5C(C)(C)C)-c5cc(C(C)(C)C)cc(C(C)(C)C)c54)cc32)ncc1-c1ccccn1. The van der Waals surface area contributed by atoms with Crippen molar-refractivity contribution < 1.29 is 9.30 Å². The van der Waals surface area contributed by atoms with Crippen LogP contribution in [0.25, 0.3) is 66.7 Å². The molecule has 0 radical (unpaired) electrons. The number of nitrogens with zero attached hydrogens (tertiary/aromatic N) is 5. The van der Waals surface area contributed by atoms with Gasteiger partial charge in [0.15, 0.2) is 0 Å². The molecule has 72 heavy (non-hydrogen) atoms. The van der Waals surface area contributed by atoms with Gasteiger partial charge in [-0.25, -0.2) is 4.98 Å². The Labute approximate surface area is 425 Å². The van der Waals surface area contributed by atoms with Crippen molar-refractivity contribution in [3.63, 3.8) is 0 Å². The lowest BCUT2D eigenvalue weighted by atomic mass is 9.60. The lowest BCUT2D eigenvalue weighted by Gasteiger charge is -2.45. The van der Waals surface area contributed by atoms with Crippen LogP contribution in [-0.2, 0) is 34.1 Å². The number of fused-ring (bicyclic) bond motifs is 12. The highest BCUT2D eigenvalue weighted by molar-refractivity contribution is 6.09. The monoisotopic (exact) mass is 944 g/mol. The first-order valence-corrected chi connectivity index (χ1v) is 25.6. The molecule has 0 N–H and O–H groups in total. The molecule has 1 aliphatic carbocycles. The van der Waals surface area contributed by atoms with Gasteiger partial charge in [-0.3, -0.25) is 9.55 Å². The number of aromatic nitrogens is 5. The van der Waals surface area contributed by atoms with Gasteiger partial charge in [-0.15, -0.1) is 0 Å². The van der Waals surface area contributed by atoms with Crippen LogP contribution in [0.2, 0.25) is 0 Å². The summed E-state index contributed by atoms with van der Waals surface area (Å²) in [6, 6.07) is 47.2. The molecule has 1 spiro atoms. The van der Waals surface area contributed by atoms with E-state index in [1.54, 1.807) is 0 Å². The second-order valence-electron chi connectivity index (χ2n) is 24.7. The van der Waals surface area contributed by atoms with Gasteiger partial charge in [0.2, 0.25) is 6.33 Å². The molecular formula is C66H65N5O. The van der Waals surface area contributed by atoms with Crippen LogP contribution in [0, 0.1) is 13.3 Å². The maximum Gasteiger partial charge on any atom is 0.244 e. The first-order chi connectivity index (χ1) is 34.0. The Hall–Kier alpha value is -7.31. The third-order valence-electron chi connectivity index (χ3n) is 15.7. The summed E-state index contributed by atoms with van der Waals surface area (Å²) in [5, 5.41) is 2.30. The van der Waals surface area contributed by atoms with E-state index in [0.717, 1.165) is 67.1 Å². The number of hydrogen-bond acceptors (Lipinski definition) is 3. The first-order valence-electron chi connectivity index (χ1n) is 25.6. The minimum absolute atomic E-state index is 0.0644. The van der Waals surface area contributed by atoms with Crippen LogP contribution >= 0.6 is 0 Å². The van der Waals surface area contributed by atoms with E-state index < -0.39 is 5.41 Å². The van der Waals surface area contributed by atoms with E-state index in [2.05, 4.69) is 231 Å². The van der Waals surface area contributed by atoms with Crippen molar-refractivity contribution >= 4 is 32.8 Å². The summed E-state index contributed by atoms with van der Waals surface area (Å²) >= 11 is 0. The Balaban J connectivity index is 1.11. The Bertz CT molecular complexity index is 3810. The van der Waals surface area contributed by atoms with Gasteiger partial charge >= 0.3 is 0 Å². The average Bonchev–Trinajstić information content (AvgIpc) is 3.95. The number of benzene rings is 6. The molecule has 5 heterocycles. The minimum atomic E-state index is -0.664. The van der Waals surface area contributed by atoms with Crippen LogP contribution in [-0.4, -0.2) is 19.1 Å². The van der Waals surface area contributed by atoms with Crippen molar-refractivity contribution in [1.82, 2.24) is 19.1 Å². The van der Waals surface area contributed by atoms with Crippen LogP contribution in [0.4, 0.5) is 0 Å². The van der Waals surface area contributed by atoms with E-state index in [1.807, 2.05) is 30.6 Å². The van der Waals surface area contributed by atoms with Gasteiger partial charge in [-0.1, -0.05) is 156 Å². The van der Waals surface area contributed by atoms with Crippen LogP contribution in [0.5, 0.6) is 11.5 Å². The van der Waals surface area contributed by atoms with Crippen molar-refractivity contribution in [1.29, 1.82) is 0 Å². The number of hydrogen-bond donors (Lipinski definition) is 0.